The van der Waals surface area contributed by atoms with Crippen molar-refractivity contribution in [2.45, 2.75) is 6.92 Å². The molecule has 1 amide bonds. The van der Waals surface area contributed by atoms with Crippen LogP contribution in [-0.4, -0.2) is 12.1 Å². The molecule has 0 heterocycles. The SMILES string of the molecule is Cc1cccc(C=Nc2cccc(C(N)=O)c2)c1. The van der Waals surface area contributed by atoms with Crippen molar-refractivity contribution in [2.24, 2.45) is 10.7 Å². The topological polar surface area (TPSA) is 55.4 Å². The molecule has 2 rings (SSSR count). The van der Waals surface area contributed by atoms with Crippen LogP contribution in [-0.2, 0) is 0 Å². The minimum Gasteiger partial charge on any atom is -0.366 e. The summed E-state index contributed by atoms with van der Waals surface area (Å²) in [6, 6.07) is 15.0. The Morgan fingerprint density at radius 1 is 1.17 bits per heavy atom. The highest BCUT2D eigenvalue weighted by Gasteiger charge is 1.99. The second-order valence-electron chi connectivity index (χ2n) is 4.09. The average molecular weight is 238 g/mol. The maximum Gasteiger partial charge on any atom is 0.248 e. The number of rotatable bonds is 3. The Labute approximate surface area is 106 Å². The van der Waals surface area contributed by atoms with Gasteiger partial charge in [0.15, 0.2) is 0 Å². The Balaban J connectivity index is 2.23. The molecule has 0 radical (unpaired) electrons. The van der Waals surface area contributed by atoms with Crippen LogP contribution in [0, 0.1) is 6.92 Å². The monoisotopic (exact) mass is 238 g/mol. The van der Waals surface area contributed by atoms with Gasteiger partial charge in [-0.15, -0.1) is 0 Å². The number of hydrogen-bond acceptors (Lipinski definition) is 2. The van der Waals surface area contributed by atoms with Gasteiger partial charge in [-0.25, -0.2) is 0 Å². The van der Waals surface area contributed by atoms with E-state index in [1.807, 2.05) is 37.3 Å². The number of amides is 1. The van der Waals surface area contributed by atoms with Crippen molar-refractivity contribution in [3.63, 3.8) is 0 Å². The molecule has 2 aromatic carbocycles. The van der Waals surface area contributed by atoms with Gasteiger partial charge in [0.25, 0.3) is 0 Å². The second-order valence-corrected chi connectivity index (χ2v) is 4.09. The number of primary amides is 1. The van der Waals surface area contributed by atoms with E-state index in [0.29, 0.717) is 11.3 Å². The molecular formula is C15H14N2O. The summed E-state index contributed by atoms with van der Waals surface area (Å²) in [5.41, 5.74) is 8.61. The van der Waals surface area contributed by atoms with Crippen molar-refractivity contribution in [1.82, 2.24) is 0 Å². The largest absolute Gasteiger partial charge is 0.366 e. The van der Waals surface area contributed by atoms with E-state index < -0.39 is 5.91 Å². The fraction of sp³-hybridized carbons (Fsp3) is 0.0667. The highest BCUT2D eigenvalue weighted by atomic mass is 16.1. The zero-order valence-electron chi connectivity index (χ0n) is 10.1. The molecule has 0 spiro atoms. The van der Waals surface area contributed by atoms with Crippen molar-refractivity contribution < 1.29 is 4.79 Å². The summed E-state index contributed by atoms with van der Waals surface area (Å²) < 4.78 is 0. The first-order valence-corrected chi connectivity index (χ1v) is 5.66. The van der Waals surface area contributed by atoms with Crippen LogP contribution in [0.3, 0.4) is 0 Å². The summed E-state index contributed by atoms with van der Waals surface area (Å²) in [5, 5.41) is 0. The summed E-state index contributed by atoms with van der Waals surface area (Å²) in [7, 11) is 0. The molecule has 0 atom stereocenters. The number of carbonyl (C=O) groups is 1. The maximum absolute atomic E-state index is 11.0. The van der Waals surface area contributed by atoms with Crippen LogP contribution < -0.4 is 5.73 Å². The first kappa shape index (κ1) is 12.0. The minimum absolute atomic E-state index is 0.442. The number of nitrogens with zero attached hydrogens (tertiary/aromatic N) is 1. The van der Waals surface area contributed by atoms with Crippen LogP contribution in [0.5, 0.6) is 0 Å². The lowest BCUT2D eigenvalue weighted by atomic mass is 10.1. The zero-order chi connectivity index (χ0) is 13.0. The van der Waals surface area contributed by atoms with Gasteiger partial charge in [0.1, 0.15) is 0 Å². The summed E-state index contributed by atoms with van der Waals surface area (Å²) in [6.07, 6.45) is 1.77. The average Bonchev–Trinajstić information content (AvgIpc) is 2.37. The Morgan fingerprint density at radius 3 is 2.67 bits per heavy atom. The van der Waals surface area contributed by atoms with Crippen LogP contribution in [0.2, 0.25) is 0 Å². The van der Waals surface area contributed by atoms with E-state index in [0.717, 1.165) is 5.56 Å². The van der Waals surface area contributed by atoms with Crippen LogP contribution >= 0.6 is 0 Å². The highest BCUT2D eigenvalue weighted by Crippen LogP contribution is 2.14. The van der Waals surface area contributed by atoms with Gasteiger partial charge in [-0.1, -0.05) is 35.9 Å². The molecule has 0 unspecified atom stereocenters. The summed E-state index contributed by atoms with van der Waals surface area (Å²) in [4.78, 5) is 15.4. The van der Waals surface area contributed by atoms with Crippen molar-refractivity contribution in [2.75, 3.05) is 0 Å². The molecule has 2 aromatic rings. The van der Waals surface area contributed by atoms with E-state index in [-0.39, 0.29) is 0 Å². The highest BCUT2D eigenvalue weighted by molar-refractivity contribution is 5.93. The third-order valence-electron chi connectivity index (χ3n) is 2.54. The summed E-state index contributed by atoms with van der Waals surface area (Å²) in [6.45, 7) is 2.03. The summed E-state index contributed by atoms with van der Waals surface area (Å²) >= 11 is 0. The van der Waals surface area contributed by atoms with Gasteiger partial charge in [0, 0.05) is 11.8 Å². The van der Waals surface area contributed by atoms with Gasteiger partial charge >= 0.3 is 0 Å². The molecule has 0 saturated heterocycles. The maximum atomic E-state index is 11.0. The molecule has 0 aromatic heterocycles. The van der Waals surface area contributed by atoms with E-state index in [1.54, 1.807) is 24.4 Å². The minimum atomic E-state index is -0.442. The Bertz CT molecular complexity index is 603. The number of nitrogens with two attached hydrogens (primary N) is 1. The first-order valence-electron chi connectivity index (χ1n) is 5.66. The number of carbonyl (C=O) groups excluding carboxylic acids is 1. The fourth-order valence-electron chi connectivity index (χ4n) is 1.64. The molecular weight excluding hydrogens is 224 g/mol. The lowest BCUT2D eigenvalue weighted by Gasteiger charge is -1.98. The number of hydrogen-bond donors (Lipinski definition) is 1. The molecule has 0 aliphatic rings. The third-order valence-corrected chi connectivity index (χ3v) is 2.54. The van der Waals surface area contributed by atoms with Crippen molar-refractivity contribution in [3.05, 3.63) is 65.2 Å². The standard InChI is InChI=1S/C15H14N2O/c1-11-4-2-5-12(8-11)10-17-14-7-3-6-13(9-14)15(16)18/h2-10H,1H3,(H2,16,18). The quantitative estimate of drug-likeness (QED) is 0.821. The molecule has 2 N–H and O–H groups in total. The van der Waals surface area contributed by atoms with Gasteiger partial charge in [0.05, 0.1) is 5.69 Å². The molecule has 3 nitrogen and oxygen atoms in total. The Hall–Kier alpha value is -2.42. The molecule has 0 aliphatic carbocycles. The van der Waals surface area contributed by atoms with E-state index in [9.17, 15) is 4.79 Å². The fourth-order valence-corrected chi connectivity index (χ4v) is 1.64. The van der Waals surface area contributed by atoms with Crippen molar-refractivity contribution in [1.29, 1.82) is 0 Å². The summed E-state index contributed by atoms with van der Waals surface area (Å²) in [5.74, 6) is -0.442. The van der Waals surface area contributed by atoms with E-state index in [1.165, 1.54) is 5.56 Å². The third kappa shape index (κ3) is 3.04. The number of aryl methyl sites for hydroxylation is 1. The predicted octanol–water partition coefficient (Wildman–Crippen LogP) is 2.84. The van der Waals surface area contributed by atoms with E-state index in [4.69, 9.17) is 5.73 Å². The molecule has 0 aliphatic heterocycles. The number of aliphatic imine (C=N–C) groups is 1. The molecule has 0 saturated carbocycles. The smallest absolute Gasteiger partial charge is 0.248 e. The molecule has 0 bridgehead atoms. The van der Waals surface area contributed by atoms with Gasteiger partial charge in [0.2, 0.25) is 5.91 Å². The van der Waals surface area contributed by atoms with E-state index in [2.05, 4.69) is 4.99 Å². The molecule has 0 fully saturated rings. The van der Waals surface area contributed by atoms with Gasteiger partial charge in [-0.2, -0.15) is 0 Å². The first-order chi connectivity index (χ1) is 8.65. The van der Waals surface area contributed by atoms with Crippen LogP contribution in [0.15, 0.2) is 53.5 Å². The van der Waals surface area contributed by atoms with Gasteiger partial charge in [-0.05, 0) is 30.7 Å². The zero-order valence-corrected chi connectivity index (χ0v) is 10.1. The van der Waals surface area contributed by atoms with Crippen LogP contribution in [0.1, 0.15) is 21.5 Å². The van der Waals surface area contributed by atoms with Gasteiger partial charge in [-0.3, -0.25) is 9.79 Å². The van der Waals surface area contributed by atoms with Crippen LogP contribution in [0.25, 0.3) is 0 Å². The lowest BCUT2D eigenvalue weighted by molar-refractivity contribution is 0.100. The van der Waals surface area contributed by atoms with Crippen molar-refractivity contribution >= 4 is 17.8 Å². The normalized spacial score (nSPS) is 10.7. The lowest BCUT2D eigenvalue weighted by Crippen LogP contribution is -2.10. The van der Waals surface area contributed by atoms with Gasteiger partial charge < -0.3 is 5.73 Å². The predicted molar refractivity (Wildman–Crippen MR) is 73.4 cm³/mol. The Kier molecular flexibility index (Phi) is 3.53. The van der Waals surface area contributed by atoms with Crippen molar-refractivity contribution in [3.8, 4) is 0 Å². The molecule has 90 valence electrons. The molecule has 18 heavy (non-hydrogen) atoms. The second kappa shape index (κ2) is 5.27. The number of benzene rings is 2. The Morgan fingerprint density at radius 2 is 1.94 bits per heavy atom. The van der Waals surface area contributed by atoms with Crippen LogP contribution in [0.4, 0.5) is 5.69 Å². The van der Waals surface area contributed by atoms with E-state index >= 15 is 0 Å². The molecule has 3 heteroatoms.